The van der Waals surface area contributed by atoms with Gasteiger partial charge in [0.2, 0.25) is 0 Å². The molecule has 0 saturated carbocycles. The molecule has 4 rings (SSSR count). The van der Waals surface area contributed by atoms with E-state index in [4.69, 9.17) is 0 Å². The summed E-state index contributed by atoms with van der Waals surface area (Å²) < 4.78 is 0. The van der Waals surface area contributed by atoms with E-state index < -0.39 is 40.4 Å². The van der Waals surface area contributed by atoms with Gasteiger partial charge < -0.3 is 51.1 Å². The zero-order valence-corrected chi connectivity index (χ0v) is 21.2. The highest BCUT2D eigenvalue weighted by atomic mass is 16.3. The van der Waals surface area contributed by atoms with Gasteiger partial charge in [0, 0.05) is 0 Å². The number of phenolic OH excluding ortho intramolecular Hbond substituents is 10. The second kappa shape index (κ2) is 11.3. The van der Waals surface area contributed by atoms with Crippen molar-refractivity contribution in [1.29, 1.82) is 0 Å². The molecule has 0 aliphatic rings. The van der Waals surface area contributed by atoms with Crippen molar-refractivity contribution in [3.63, 3.8) is 0 Å². The minimum absolute atomic E-state index is 0.248. The van der Waals surface area contributed by atoms with Crippen LogP contribution in [0.25, 0.3) is 0 Å². The Labute approximate surface area is 229 Å². The molecule has 10 heteroatoms. The summed E-state index contributed by atoms with van der Waals surface area (Å²) in [5.74, 6) is -5.43. The molecular weight excluding hydrogens is 520 g/mol. The molecule has 0 saturated heterocycles. The van der Waals surface area contributed by atoms with Crippen molar-refractivity contribution in [1.82, 2.24) is 0 Å². The minimum Gasteiger partial charge on any atom is -0.504 e. The molecule has 10 N–H and O–H groups in total. The van der Waals surface area contributed by atoms with E-state index in [-0.39, 0.29) is 35.3 Å². The first kappa shape index (κ1) is 27.9. The van der Waals surface area contributed by atoms with Gasteiger partial charge in [0.05, 0.1) is 0 Å². The molecule has 0 fully saturated rings. The molecule has 210 valence electrons. The fourth-order valence-corrected chi connectivity index (χ4v) is 4.95. The third-order valence-electron chi connectivity index (χ3n) is 7.06. The van der Waals surface area contributed by atoms with Gasteiger partial charge in [-0.15, -0.1) is 0 Å². The maximum atomic E-state index is 10.3. The van der Waals surface area contributed by atoms with Crippen LogP contribution < -0.4 is 0 Å². The van der Waals surface area contributed by atoms with E-state index in [0.717, 1.165) is 0 Å². The van der Waals surface area contributed by atoms with Gasteiger partial charge >= 0.3 is 0 Å². The number of hydrogen-bond donors (Lipinski definition) is 10. The molecule has 0 spiro atoms. The van der Waals surface area contributed by atoms with Crippen molar-refractivity contribution in [3.05, 3.63) is 82.9 Å². The topological polar surface area (TPSA) is 202 Å². The van der Waals surface area contributed by atoms with Crippen molar-refractivity contribution in [2.24, 2.45) is 5.92 Å². The van der Waals surface area contributed by atoms with E-state index >= 15 is 0 Å². The number of phenols is 10. The maximum absolute atomic E-state index is 10.3. The summed E-state index contributed by atoms with van der Waals surface area (Å²) >= 11 is 0. The molecule has 4 aromatic carbocycles. The molecule has 0 aromatic heterocycles. The molecule has 0 aliphatic carbocycles. The van der Waals surface area contributed by atoms with Crippen LogP contribution >= 0.6 is 0 Å². The third kappa shape index (κ3) is 6.12. The van der Waals surface area contributed by atoms with Crippen LogP contribution in [0.2, 0.25) is 0 Å². The first-order chi connectivity index (χ1) is 18.9. The van der Waals surface area contributed by atoms with E-state index in [1.54, 1.807) is 12.1 Å². The van der Waals surface area contributed by atoms with Crippen molar-refractivity contribution in [2.75, 3.05) is 0 Å². The Morgan fingerprint density at radius 3 is 1.32 bits per heavy atom. The number of aryl methyl sites for hydroxylation is 1. The fraction of sp³-hybridized carbons (Fsp3) is 0.200. The Hall–Kier alpha value is -5.12. The van der Waals surface area contributed by atoms with Crippen LogP contribution in [-0.2, 0) is 19.3 Å². The van der Waals surface area contributed by atoms with Gasteiger partial charge in [0.25, 0.3) is 0 Å². The van der Waals surface area contributed by atoms with Crippen LogP contribution in [0.15, 0.2) is 60.7 Å². The lowest BCUT2D eigenvalue weighted by molar-refractivity contribution is 0.356. The van der Waals surface area contributed by atoms with Crippen LogP contribution in [-0.4, -0.2) is 51.1 Å². The highest BCUT2D eigenvalue weighted by Crippen LogP contribution is 2.43. The van der Waals surface area contributed by atoms with E-state index in [2.05, 4.69) is 0 Å². The van der Waals surface area contributed by atoms with Crippen molar-refractivity contribution in [2.45, 2.75) is 31.6 Å². The summed E-state index contributed by atoms with van der Waals surface area (Å²) in [5, 5.41) is 99.9. The summed E-state index contributed by atoms with van der Waals surface area (Å²) in [6.45, 7) is 0. The first-order valence-corrected chi connectivity index (χ1v) is 12.4. The lowest BCUT2D eigenvalue weighted by atomic mass is 9.75. The largest absolute Gasteiger partial charge is 0.504 e. The highest BCUT2D eigenvalue weighted by molar-refractivity contribution is 5.53. The predicted molar refractivity (Wildman–Crippen MR) is 144 cm³/mol. The Bertz CT molecular complexity index is 1490. The Balaban J connectivity index is 1.78. The zero-order chi connectivity index (χ0) is 29.1. The second-order valence-electron chi connectivity index (χ2n) is 9.85. The molecule has 4 aromatic rings. The van der Waals surface area contributed by atoms with Crippen LogP contribution in [0.1, 0.15) is 34.6 Å². The number of rotatable bonds is 9. The Morgan fingerprint density at radius 1 is 0.425 bits per heavy atom. The van der Waals surface area contributed by atoms with Gasteiger partial charge in [-0.3, -0.25) is 0 Å². The predicted octanol–water partition coefficient (Wildman–Crippen LogP) is 4.56. The Morgan fingerprint density at radius 2 is 0.850 bits per heavy atom. The SMILES string of the molecule is Oc1ccc(C[C@H](CCc2cc(O)c(O)c(O)c2)[C@H](Cc2ccc(O)c(O)c2)c2cc(O)c(O)c(O)c2)cc1O. The number of aromatic hydroxyl groups is 10. The van der Waals surface area contributed by atoms with Crippen LogP contribution in [0.4, 0.5) is 0 Å². The minimum atomic E-state index is -0.681. The average Bonchev–Trinajstić information content (AvgIpc) is 2.90. The van der Waals surface area contributed by atoms with Crippen molar-refractivity contribution >= 4 is 0 Å². The van der Waals surface area contributed by atoms with Gasteiger partial charge in [-0.1, -0.05) is 12.1 Å². The molecule has 2 atom stereocenters. The van der Waals surface area contributed by atoms with Crippen molar-refractivity contribution < 1.29 is 51.1 Å². The van der Waals surface area contributed by atoms with E-state index in [1.165, 1.54) is 48.5 Å². The maximum Gasteiger partial charge on any atom is 0.200 e. The summed E-state index contributed by atoms with van der Waals surface area (Å²) in [6, 6.07) is 14.0. The third-order valence-corrected chi connectivity index (χ3v) is 7.06. The molecule has 0 aliphatic heterocycles. The number of hydrogen-bond acceptors (Lipinski definition) is 10. The molecule has 0 heterocycles. The summed E-state index contributed by atoms with van der Waals surface area (Å²) in [7, 11) is 0. The smallest absolute Gasteiger partial charge is 0.200 e. The van der Waals surface area contributed by atoms with E-state index in [0.29, 0.717) is 41.5 Å². The molecule has 0 amide bonds. The molecular formula is C30H30O10. The Kier molecular flexibility index (Phi) is 7.90. The summed E-state index contributed by atoms with van der Waals surface area (Å²) in [5.41, 5.74) is 2.24. The lowest BCUT2D eigenvalue weighted by Gasteiger charge is -2.29. The van der Waals surface area contributed by atoms with Crippen LogP contribution in [0, 0.1) is 5.92 Å². The summed E-state index contributed by atoms with van der Waals surface area (Å²) in [6.07, 6.45) is 1.27. The van der Waals surface area contributed by atoms with Gasteiger partial charge in [0.15, 0.2) is 57.5 Å². The molecule has 0 bridgehead atoms. The van der Waals surface area contributed by atoms with E-state index in [1.807, 2.05) is 0 Å². The van der Waals surface area contributed by atoms with Gasteiger partial charge in [-0.25, -0.2) is 0 Å². The molecule has 40 heavy (non-hydrogen) atoms. The van der Waals surface area contributed by atoms with Crippen LogP contribution in [0.5, 0.6) is 57.5 Å². The highest BCUT2D eigenvalue weighted by Gasteiger charge is 2.27. The first-order valence-electron chi connectivity index (χ1n) is 12.4. The van der Waals surface area contributed by atoms with Crippen molar-refractivity contribution in [3.8, 4) is 57.5 Å². The lowest BCUT2D eigenvalue weighted by Crippen LogP contribution is -2.19. The zero-order valence-electron chi connectivity index (χ0n) is 21.2. The fourth-order valence-electron chi connectivity index (χ4n) is 4.95. The number of benzene rings is 4. The average molecular weight is 551 g/mol. The van der Waals surface area contributed by atoms with Crippen LogP contribution in [0.3, 0.4) is 0 Å². The van der Waals surface area contributed by atoms with Gasteiger partial charge in [-0.05, 0) is 108 Å². The summed E-state index contributed by atoms with van der Waals surface area (Å²) in [4.78, 5) is 0. The standard InChI is InChI=1S/C30H30O10/c31-21-5-2-15(9-23(21)33)7-18(4-1-17-11-25(35)29(39)26(36)12-17)20(8-16-3-6-22(32)24(34)10-16)19-13-27(37)30(40)28(38)14-19/h2-3,5-6,9-14,18,20,31-40H,1,4,7-8H2/t18-,20-/m0/s1. The van der Waals surface area contributed by atoms with Gasteiger partial charge in [0.1, 0.15) is 0 Å². The van der Waals surface area contributed by atoms with E-state index in [9.17, 15) is 51.1 Å². The van der Waals surface area contributed by atoms with Gasteiger partial charge in [-0.2, -0.15) is 0 Å². The second-order valence-corrected chi connectivity index (χ2v) is 9.85. The quantitative estimate of drug-likeness (QED) is 0.132. The normalized spacial score (nSPS) is 12.7. The monoisotopic (exact) mass is 550 g/mol. The molecule has 0 unspecified atom stereocenters. The molecule has 10 nitrogen and oxygen atoms in total. The molecule has 0 radical (unpaired) electrons.